The largest absolute Gasteiger partial charge is 0.481 e. The van der Waals surface area contributed by atoms with E-state index in [-0.39, 0.29) is 18.6 Å². The molecule has 0 saturated carbocycles. The number of hydrogen-bond donors (Lipinski definition) is 2. The van der Waals surface area contributed by atoms with Gasteiger partial charge < -0.3 is 9.84 Å². The van der Waals surface area contributed by atoms with Crippen molar-refractivity contribution in [3.8, 4) is 0 Å². The number of sulfonamides is 1. The molecule has 1 aromatic carbocycles. The molecule has 1 rings (SSSR count). The smallest absolute Gasteiger partial charge is 0.303 e. The fraction of sp³-hybridized carbons (Fsp3) is 0.462. The highest BCUT2D eigenvalue weighted by Gasteiger charge is 2.13. The van der Waals surface area contributed by atoms with Crippen LogP contribution in [0, 0.1) is 0 Å². The number of methoxy groups -OCH3 is 1. The van der Waals surface area contributed by atoms with Crippen molar-refractivity contribution in [1.29, 1.82) is 0 Å². The van der Waals surface area contributed by atoms with Crippen molar-refractivity contribution in [1.82, 2.24) is 0 Å². The van der Waals surface area contributed by atoms with Crippen molar-refractivity contribution in [2.75, 3.05) is 24.2 Å². The second-order valence-corrected chi connectivity index (χ2v) is 6.16. The topological polar surface area (TPSA) is 92.7 Å². The first-order valence-corrected chi connectivity index (χ1v) is 7.89. The lowest BCUT2D eigenvalue weighted by molar-refractivity contribution is -0.137. The molecule has 112 valence electrons. The van der Waals surface area contributed by atoms with Crippen LogP contribution in [0.4, 0.5) is 5.69 Å². The molecular formula is C13H19NO5S. The summed E-state index contributed by atoms with van der Waals surface area (Å²) in [6.07, 6.45) is 0.529. The van der Waals surface area contributed by atoms with Gasteiger partial charge in [0, 0.05) is 13.5 Å². The summed E-state index contributed by atoms with van der Waals surface area (Å²) in [6.45, 7) is 0.498. The zero-order valence-electron chi connectivity index (χ0n) is 11.3. The molecule has 0 saturated heterocycles. The quantitative estimate of drug-likeness (QED) is 0.720. The van der Waals surface area contributed by atoms with Crippen LogP contribution in [0.15, 0.2) is 24.3 Å². The van der Waals surface area contributed by atoms with Gasteiger partial charge in [-0.1, -0.05) is 18.2 Å². The predicted octanol–water partition coefficient (Wildman–Crippen LogP) is 1.48. The van der Waals surface area contributed by atoms with Crippen LogP contribution >= 0.6 is 0 Å². The lowest BCUT2D eigenvalue weighted by Gasteiger charge is -2.12. The number of carboxylic acid groups (broad SMARTS) is 1. The number of nitrogens with one attached hydrogen (secondary N) is 1. The molecule has 7 heteroatoms. The van der Waals surface area contributed by atoms with Gasteiger partial charge in [0.25, 0.3) is 0 Å². The van der Waals surface area contributed by atoms with E-state index in [1.54, 1.807) is 19.2 Å². The van der Waals surface area contributed by atoms with E-state index in [0.717, 1.165) is 5.56 Å². The number of anilines is 1. The Kier molecular flexibility index (Phi) is 6.47. The summed E-state index contributed by atoms with van der Waals surface area (Å²) < 4.78 is 31.2. The lowest BCUT2D eigenvalue weighted by Crippen LogP contribution is -2.18. The fourth-order valence-corrected chi connectivity index (χ4v) is 2.84. The Bertz CT molecular complexity index is 541. The standard InChI is InChI=1S/C13H19NO5S/c1-19-9-8-11-5-2-3-6-12(11)14-20(17,18)10-4-7-13(15)16/h2-3,5-6,14H,4,7-10H2,1H3,(H,15,16). The van der Waals surface area contributed by atoms with Crippen LogP contribution in [0.2, 0.25) is 0 Å². The number of hydrogen-bond acceptors (Lipinski definition) is 4. The van der Waals surface area contributed by atoms with Crippen LogP contribution < -0.4 is 4.72 Å². The predicted molar refractivity (Wildman–Crippen MR) is 76.3 cm³/mol. The molecule has 1 aromatic rings. The van der Waals surface area contributed by atoms with Gasteiger partial charge in [-0.3, -0.25) is 9.52 Å². The summed E-state index contributed by atoms with van der Waals surface area (Å²) in [4.78, 5) is 10.4. The SMILES string of the molecule is COCCc1ccccc1NS(=O)(=O)CCCC(=O)O. The third-order valence-electron chi connectivity index (χ3n) is 2.66. The number of ether oxygens (including phenoxy) is 1. The zero-order chi connectivity index (χ0) is 15.0. The second kappa shape index (κ2) is 7.86. The number of aliphatic carboxylic acids is 1. The van der Waals surface area contributed by atoms with E-state index in [4.69, 9.17) is 9.84 Å². The van der Waals surface area contributed by atoms with Crippen LogP contribution in [0.3, 0.4) is 0 Å². The maximum absolute atomic E-state index is 11.9. The summed E-state index contributed by atoms with van der Waals surface area (Å²) in [6, 6.07) is 7.08. The van der Waals surface area contributed by atoms with Gasteiger partial charge in [0.05, 0.1) is 18.0 Å². The Morgan fingerprint density at radius 2 is 2.05 bits per heavy atom. The molecule has 0 heterocycles. The molecular weight excluding hydrogens is 282 g/mol. The highest BCUT2D eigenvalue weighted by molar-refractivity contribution is 7.92. The maximum atomic E-state index is 11.9. The molecule has 0 amide bonds. The molecule has 0 aromatic heterocycles. The van der Waals surface area contributed by atoms with Gasteiger partial charge in [-0.25, -0.2) is 8.42 Å². The van der Waals surface area contributed by atoms with Crippen molar-refractivity contribution in [3.63, 3.8) is 0 Å². The van der Waals surface area contributed by atoms with Crippen molar-refractivity contribution < 1.29 is 23.1 Å². The number of benzene rings is 1. The van der Waals surface area contributed by atoms with E-state index >= 15 is 0 Å². The third kappa shape index (κ3) is 6.03. The average molecular weight is 301 g/mol. The zero-order valence-corrected chi connectivity index (χ0v) is 12.1. The monoisotopic (exact) mass is 301 g/mol. The number of para-hydroxylation sites is 1. The van der Waals surface area contributed by atoms with Crippen molar-refractivity contribution >= 4 is 21.7 Å². The van der Waals surface area contributed by atoms with Crippen LogP contribution in [-0.4, -0.2) is 39.0 Å². The van der Waals surface area contributed by atoms with Crippen molar-refractivity contribution in [3.05, 3.63) is 29.8 Å². The summed E-state index contributed by atoms with van der Waals surface area (Å²) >= 11 is 0. The third-order valence-corrected chi connectivity index (χ3v) is 4.02. The van der Waals surface area contributed by atoms with Crippen LogP contribution in [0.25, 0.3) is 0 Å². The number of carboxylic acids is 1. The molecule has 0 bridgehead atoms. The van der Waals surface area contributed by atoms with Gasteiger partial charge in [0.1, 0.15) is 0 Å². The normalized spacial score (nSPS) is 11.2. The van der Waals surface area contributed by atoms with E-state index in [0.29, 0.717) is 18.7 Å². The number of rotatable bonds is 9. The first-order chi connectivity index (χ1) is 9.44. The summed E-state index contributed by atoms with van der Waals surface area (Å²) in [5.74, 6) is -1.21. The molecule has 0 fully saturated rings. The molecule has 20 heavy (non-hydrogen) atoms. The van der Waals surface area contributed by atoms with Gasteiger partial charge >= 0.3 is 5.97 Å². The Morgan fingerprint density at radius 3 is 2.70 bits per heavy atom. The Balaban J connectivity index is 2.68. The Morgan fingerprint density at radius 1 is 1.35 bits per heavy atom. The van der Waals surface area contributed by atoms with Crippen molar-refractivity contribution in [2.45, 2.75) is 19.3 Å². The Hall–Kier alpha value is -1.60. The molecule has 0 aliphatic carbocycles. The van der Waals surface area contributed by atoms with Crippen molar-refractivity contribution in [2.24, 2.45) is 0 Å². The van der Waals surface area contributed by atoms with E-state index in [1.807, 2.05) is 12.1 Å². The summed E-state index contributed by atoms with van der Waals surface area (Å²) in [5, 5.41) is 8.51. The molecule has 0 spiro atoms. The second-order valence-electron chi connectivity index (χ2n) is 4.32. The van der Waals surface area contributed by atoms with Gasteiger partial charge in [-0.15, -0.1) is 0 Å². The fourth-order valence-electron chi connectivity index (χ4n) is 1.68. The van der Waals surface area contributed by atoms with E-state index in [9.17, 15) is 13.2 Å². The van der Waals surface area contributed by atoms with Gasteiger partial charge in [0.2, 0.25) is 10.0 Å². The highest BCUT2D eigenvalue weighted by Crippen LogP contribution is 2.17. The van der Waals surface area contributed by atoms with Crippen LogP contribution in [0.5, 0.6) is 0 Å². The lowest BCUT2D eigenvalue weighted by atomic mass is 10.1. The summed E-state index contributed by atoms with van der Waals surface area (Å²) in [7, 11) is -1.95. The average Bonchev–Trinajstić information content (AvgIpc) is 2.36. The molecule has 0 unspecified atom stereocenters. The Labute approximate surface area is 118 Å². The minimum Gasteiger partial charge on any atom is -0.481 e. The minimum absolute atomic E-state index is 0.0882. The molecule has 0 aliphatic heterocycles. The van der Waals surface area contributed by atoms with Gasteiger partial charge in [0.15, 0.2) is 0 Å². The molecule has 0 aliphatic rings. The molecule has 0 radical (unpaired) electrons. The molecule has 6 nitrogen and oxygen atoms in total. The minimum atomic E-state index is -3.53. The molecule has 2 N–H and O–H groups in total. The van der Waals surface area contributed by atoms with E-state index < -0.39 is 16.0 Å². The maximum Gasteiger partial charge on any atom is 0.303 e. The number of carbonyl (C=O) groups is 1. The van der Waals surface area contributed by atoms with E-state index in [2.05, 4.69) is 4.72 Å². The first kappa shape index (κ1) is 16.5. The summed E-state index contributed by atoms with van der Waals surface area (Å²) in [5.41, 5.74) is 1.36. The van der Waals surface area contributed by atoms with Crippen LogP contribution in [-0.2, 0) is 26.0 Å². The molecule has 0 atom stereocenters. The highest BCUT2D eigenvalue weighted by atomic mass is 32.2. The first-order valence-electron chi connectivity index (χ1n) is 6.24. The van der Waals surface area contributed by atoms with Gasteiger partial charge in [-0.2, -0.15) is 0 Å². The van der Waals surface area contributed by atoms with Crippen LogP contribution in [0.1, 0.15) is 18.4 Å². The van der Waals surface area contributed by atoms with Gasteiger partial charge in [-0.05, 0) is 24.5 Å². The van der Waals surface area contributed by atoms with E-state index in [1.165, 1.54) is 0 Å².